The van der Waals surface area contributed by atoms with E-state index in [1.807, 2.05) is 24.3 Å². The van der Waals surface area contributed by atoms with Crippen LogP contribution in [-0.4, -0.2) is 13.2 Å². The molecular formula is C15H14BrFO2. The van der Waals surface area contributed by atoms with Gasteiger partial charge < -0.3 is 9.47 Å². The smallest absolute Gasteiger partial charge is 0.129 e. The van der Waals surface area contributed by atoms with Gasteiger partial charge in [0.1, 0.15) is 30.5 Å². The second kappa shape index (κ2) is 6.57. The molecule has 0 aliphatic carbocycles. The summed E-state index contributed by atoms with van der Waals surface area (Å²) < 4.78 is 25.2. The van der Waals surface area contributed by atoms with Crippen molar-refractivity contribution in [2.45, 2.75) is 6.92 Å². The molecule has 2 nitrogen and oxygen atoms in total. The van der Waals surface area contributed by atoms with Crippen LogP contribution in [0.2, 0.25) is 0 Å². The van der Waals surface area contributed by atoms with Crippen LogP contribution in [0.5, 0.6) is 11.5 Å². The predicted octanol–water partition coefficient (Wildman–Crippen LogP) is 4.35. The van der Waals surface area contributed by atoms with E-state index in [9.17, 15) is 4.39 Å². The van der Waals surface area contributed by atoms with Gasteiger partial charge in [0.05, 0.1) is 0 Å². The number of rotatable bonds is 5. The van der Waals surface area contributed by atoms with E-state index in [1.165, 1.54) is 6.07 Å². The van der Waals surface area contributed by atoms with E-state index >= 15 is 0 Å². The van der Waals surface area contributed by atoms with E-state index in [1.54, 1.807) is 19.1 Å². The molecule has 0 heterocycles. The van der Waals surface area contributed by atoms with Crippen molar-refractivity contribution < 1.29 is 13.9 Å². The van der Waals surface area contributed by atoms with Gasteiger partial charge in [0.15, 0.2) is 0 Å². The van der Waals surface area contributed by atoms with Crippen LogP contribution in [0.4, 0.5) is 4.39 Å². The molecule has 0 amide bonds. The normalized spacial score (nSPS) is 10.3. The highest BCUT2D eigenvalue weighted by Gasteiger charge is 2.00. The minimum absolute atomic E-state index is 0.258. The Morgan fingerprint density at radius 2 is 1.53 bits per heavy atom. The Balaban J connectivity index is 1.77. The van der Waals surface area contributed by atoms with Crippen LogP contribution < -0.4 is 9.47 Å². The third kappa shape index (κ3) is 4.24. The van der Waals surface area contributed by atoms with Crippen molar-refractivity contribution >= 4 is 15.9 Å². The molecule has 2 aromatic carbocycles. The first-order chi connectivity index (χ1) is 9.15. The molecule has 0 spiro atoms. The van der Waals surface area contributed by atoms with Crippen molar-refractivity contribution in [3.8, 4) is 11.5 Å². The molecule has 0 atom stereocenters. The number of aryl methyl sites for hydroxylation is 1. The first-order valence-corrected chi connectivity index (χ1v) is 6.72. The molecule has 2 rings (SSSR count). The number of hydrogen-bond donors (Lipinski definition) is 0. The van der Waals surface area contributed by atoms with Crippen molar-refractivity contribution in [3.63, 3.8) is 0 Å². The first-order valence-electron chi connectivity index (χ1n) is 5.92. The van der Waals surface area contributed by atoms with Crippen molar-refractivity contribution in [2.24, 2.45) is 0 Å². The standard InChI is InChI=1S/C15H14BrFO2/c1-11-2-5-14(10-15(11)17)19-9-8-18-13-6-3-12(16)4-7-13/h2-7,10H,8-9H2,1H3. The summed E-state index contributed by atoms with van der Waals surface area (Å²) in [5.41, 5.74) is 0.610. The summed E-state index contributed by atoms with van der Waals surface area (Å²) in [6.07, 6.45) is 0. The zero-order valence-electron chi connectivity index (χ0n) is 10.5. The molecule has 0 unspecified atom stereocenters. The minimum Gasteiger partial charge on any atom is -0.490 e. The second-order valence-corrected chi connectivity index (χ2v) is 4.98. The average Bonchev–Trinajstić information content (AvgIpc) is 2.41. The van der Waals surface area contributed by atoms with Crippen molar-refractivity contribution in [1.82, 2.24) is 0 Å². The van der Waals surface area contributed by atoms with Crippen molar-refractivity contribution in [3.05, 3.63) is 58.3 Å². The molecule has 0 fully saturated rings. The van der Waals surface area contributed by atoms with Gasteiger partial charge in [0, 0.05) is 10.5 Å². The monoisotopic (exact) mass is 324 g/mol. The molecule has 2 aromatic rings. The third-order valence-corrected chi connectivity index (χ3v) is 3.11. The summed E-state index contributed by atoms with van der Waals surface area (Å²) in [6.45, 7) is 2.51. The van der Waals surface area contributed by atoms with Gasteiger partial charge in [-0.2, -0.15) is 0 Å². The fraction of sp³-hybridized carbons (Fsp3) is 0.200. The fourth-order valence-electron chi connectivity index (χ4n) is 1.51. The maximum absolute atomic E-state index is 13.3. The summed E-state index contributed by atoms with van der Waals surface area (Å²) in [5, 5.41) is 0. The summed E-state index contributed by atoms with van der Waals surface area (Å²) >= 11 is 3.35. The van der Waals surface area contributed by atoms with Gasteiger partial charge in [-0.05, 0) is 42.8 Å². The molecule has 19 heavy (non-hydrogen) atoms. The van der Waals surface area contributed by atoms with Gasteiger partial charge in [-0.25, -0.2) is 4.39 Å². The Bertz CT molecular complexity index is 540. The number of halogens is 2. The van der Waals surface area contributed by atoms with Crippen molar-refractivity contribution in [1.29, 1.82) is 0 Å². The van der Waals surface area contributed by atoms with Crippen LogP contribution in [0, 0.1) is 12.7 Å². The molecular weight excluding hydrogens is 311 g/mol. The van der Waals surface area contributed by atoms with E-state index < -0.39 is 0 Å². The van der Waals surface area contributed by atoms with E-state index in [-0.39, 0.29) is 5.82 Å². The molecule has 0 aromatic heterocycles. The van der Waals surface area contributed by atoms with E-state index in [0.717, 1.165) is 10.2 Å². The van der Waals surface area contributed by atoms with Crippen LogP contribution in [0.1, 0.15) is 5.56 Å². The Labute approximate surface area is 120 Å². The lowest BCUT2D eigenvalue weighted by Gasteiger charge is -2.09. The molecule has 0 aliphatic heterocycles. The number of benzene rings is 2. The fourth-order valence-corrected chi connectivity index (χ4v) is 1.78. The van der Waals surface area contributed by atoms with Gasteiger partial charge >= 0.3 is 0 Å². The predicted molar refractivity (Wildman–Crippen MR) is 76.3 cm³/mol. The summed E-state index contributed by atoms with van der Waals surface area (Å²) in [6, 6.07) is 12.4. The zero-order valence-corrected chi connectivity index (χ0v) is 12.1. The van der Waals surface area contributed by atoms with Crippen LogP contribution in [0.3, 0.4) is 0 Å². The van der Waals surface area contributed by atoms with Crippen LogP contribution >= 0.6 is 15.9 Å². The molecule has 0 aliphatic rings. The molecule has 100 valence electrons. The lowest BCUT2D eigenvalue weighted by atomic mass is 10.2. The summed E-state index contributed by atoms with van der Waals surface area (Å²) in [7, 11) is 0. The maximum Gasteiger partial charge on any atom is 0.129 e. The lowest BCUT2D eigenvalue weighted by molar-refractivity contribution is 0.216. The average molecular weight is 325 g/mol. The molecule has 0 N–H and O–H groups in total. The van der Waals surface area contributed by atoms with Gasteiger partial charge in [-0.1, -0.05) is 22.0 Å². The van der Waals surface area contributed by atoms with Gasteiger partial charge in [0.25, 0.3) is 0 Å². The lowest BCUT2D eigenvalue weighted by Crippen LogP contribution is -2.09. The van der Waals surface area contributed by atoms with Crippen LogP contribution in [-0.2, 0) is 0 Å². The Kier molecular flexibility index (Phi) is 4.80. The van der Waals surface area contributed by atoms with Crippen LogP contribution in [0.15, 0.2) is 46.9 Å². The highest BCUT2D eigenvalue weighted by molar-refractivity contribution is 9.10. The van der Waals surface area contributed by atoms with Gasteiger partial charge in [-0.15, -0.1) is 0 Å². The van der Waals surface area contributed by atoms with Gasteiger partial charge in [0.2, 0.25) is 0 Å². The Morgan fingerprint density at radius 1 is 0.947 bits per heavy atom. The van der Waals surface area contributed by atoms with Gasteiger partial charge in [-0.3, -0.25) is 0 Å². The molecule has 0 radical (unpaired) electrons. The zero-order chi connectivity index (χ0) is 13.7. The SMILES string of the molecule is Cc1ccc(OCCOc2ccc(Br)cc2)cc1F. The molecule has 0 saturated carbocycles. The second-order valence-electron chi connectivity index (χ2n) is 4.06. The van der Waals surface area contributed by atoms with Crippen molar-refractivity contribution in [2.75, 3.05) is 13.2 Å². The Hall–Kier alpha value is -1.55. The summed E-state index contributed by atoms with van der Waals surface area (Å²) in [5.74, 6) is 1.04. The molecule has 0 saturated heterocycles. The van der Waals surface area contributed by atoms with Crippen LogP contribution in [0.25, 0.3) is 0 Å². The molecule has 4 heteroatoms. The first kappa shape index (κ1) is 13.9. The largest absolute Gasteiger partial charge is 0.490 e. The number of hydrogen-bond acceptors (Lipinski definition) is 2. The number of ether oxygens (including phenoxy) is 2. The quantitative estimate of drug-likeness (QED) is 0.761. The van der Waals surface area contributed by atoms with E-state index in [2.05, 4.69) is 15.9 Å². The van der Waals surface area contributed by atoms with E-state index in [4.69, 9.17) is 9.47 Å². The highest BCUT2D eigenvalue weighted by atomic mass is 79.9. The van der Waals surface area contributed by atoms with E-state index in [0.29, 0.717) is 24.5 Å². The highest BCUT2D eigenvalue weighted by Crippen LogP contribution is 2.17. The topological polar surface area (TPSA) is 18.5 Å². The molecule has 0 bridgehead atoms. The minimum atomic E-state index is -0.258. The summed E-state index contributed by atoms with van der Waals surface area (Å²) in [4.78, 5) is 0. The Morgan fingerprint density at radius 3 is 2.16 bits per heavy atom. The third-order valence-electron chi connectivity index (χ3n) is 2.58. The maximum atomic E-state index is 13.3.